The van der Waals surface area contributed by atoms with Gasteiger partial charge in [0.1, 0.15) is 5.82 Å². The molecule has 0 amide bonds. The Labute approximate surface area is 157 Å². The summed E-state index contributed by atoms with van der Waals surface area (Å²) in [6.07, 6.45) is 0.397. The van der Waals surface area contributed by atoms with Crippen molar-refractivity contribution >= 4 is 27.6 Å². The van der Waals surface area contributed by atoms with Gasteiger partial charge in [-0.25, -0.2) is 22.3 Å². The van der Waals surface area contributed by atoms with Crippen LogP contribution in [-0.2, 0) is 20.5 Å². The smallest absolute Gasteiger partial charge is 0.337 e. The van der Waals surface area contributed by atoms with Crippen LogP contribution in [0.1, 0.15) is 33.9 Å². The van der Waals surface area contributed by atoms with Crippen molar-refractivity contribution in [3.63, 3.8) is 0 Å². The molecular weight excluding hydrogens is 381 g/mol. The van der Waals surface area contributed by atoms with Crippen molar-refractivity contribution < 1.29 is 22.3 Å². The first-order valence-electron chi connectivity index (χ1n) is 7.84. The summed E-state index contributed by atoms with van der Waals surface area (Å²) in [7, 11) is -2.65. The van der Waals surface area contributed by atoms with Gasteiger partial charge in [0.15, 0.2) is 0 Å². The van der Waals surface area contributed by atoms with Gasteiger partial charge in [-0.15, -0.1) is 11.6 Å². The van der Waals surface area contributed by atoms with Gasteiger partial charge >= 0.3 is 5.97 Å². The summed E-state index contributed by atoms with van der Waals surface area (Å²) in [6, 6.07) is 12.1. The number of hydrogen-bond acceptors (Lipinski definition) is 4. The highest BCUT2D eigenvalue weighted by atomic mass is 35.5. The Bertz CT molecular complexity index is 859. The van der Waals surface area contributed by atoms with Crippen molar-refractivity contribution in [1.82, 2.24) is 4.72 Å². The number of sulfonamides is 1. The lowest BCUT2D eigenvalue weighted by molar-refractivity contribution is 0.0600. The number of nitrogens with one attached hydrogen (secondary N) is 1. The Kier molecular flexibility index (Phi) is 7.14. The number of alkyl halides is 1. The molecule has 0 aromatic heterocycles. The summed E-state index contributed by atoms with van der Waals surface area (Å²) in [5.41, 5.74) is 0.754. The molecule has 1 atom stereocenters. The zero-order valence-electron chi connectivity index (χ0n) is 14.1. The number of carbonyl (C=O) groups is 1. The van der Waals surface area contributed by atoms with E-state index in [0.717, 1.165) is 11.6 Å². The summed E-state index contributed by atoms with van der Waals surface area (Å²) in [5.74, 6) is -1.76. The molecule has 0 radical (unpaired) electrons. The Hall–Kier alpha value is -1.96. The molecule has 0 heterocycles. The Morgan fingerprint density at radius 1 is 1.23 bits per heavy atom. The summed E-state index contributed by atoms with van der Waals surface area (Å²) in [6.45, 7) is 0. The predicted octanol–water partition coefficient (Wildman–Crippen LogP) is 3.40. The highest BCUT2D eigenvalue weighted by Crippen LogP contribution is 2.20. The number of methoxy groups -OCH3 is 1. The van der Waals surface area contributed by atoms with Crippen molar-refractivity contribution in [3.8, 4) is 0 Å². The second kappa shape index (κ2) is 9.12. The molecule has 0 spiro atoms. The molecule has 0 saturated carbocycles. The molecule has 1 unspecified atom stereocenters. The fourth-order valence-electron chi connectivity index (χ4n) is 2.46. The van der Waals surface area contributed by atoms with E-state index < -0.39 is 33.6 Å². The first kappa shape index (κ1) is 20.4. The number of esters is 1. The van der Waals surface area contributed by atoms with E-state index in [1.165, 1.54) is 19.2 Å². The van der Waals surface area contributed by atoms with Gasteiger partial charge in [-0.1, -0.05) is 36.4 Å². The first-order chi connectivity index (χ1) is 12.4. The van der Waals surface area contributed by atoms with E-state index in [9.17, 15) is 17.6 Å². The van der Waals surface area contributed by atoms with Crippen molar-refractivity contribution in [2.45, 2.75) is 18.2 Å². The van der Waals surface area contributed by atoms with Crippen LogP contribution in [-0.4, -0.2) is 27.4 Å². The monoisotopic (exact) mass is 399 g/mol. The van der Waals surface area contributed by atoms with E-state index in [1.54, 1.807) is 24.3 Å². The third-order valence-corrected chi connectivity index (χ3v) is 5.29. The average molecular weight is 400 g/mol. The van der Waals surface area contributed by atoms with Crippen LogP contribution in [0.2, 0.25) is 0 Å². The average Bonchev–Trinajstić information content (AvgIpc) is 2.63. The van der Waals surface area contributed by atoms with Gasteiger partial charge in [-0.05, 0) is 24.1 Å². The molecule has 0 aliphatic heterocycles. The van der Waals surface area contributed by atoms with Crippen molar-refractivity contribution in [2.75, 3.05) is 13.0 Å². The molecule has 0 fully saturated rings. The molecule has 2 rings (SSSR count). The SMILES string of the molecule is COC(=O)c1ccc(CS(=O)(=O)NC(CCCl)c2ccccc2)c(F)c1. The topological polar surface area (TPSA) is 72.5 Å². The van der Waals surface area contributed by atoms with Gasteiger partial charge in [-0.2, -0.15) is 0 Å². The van der Waals surface area contributed by atoms with Crippen LogP contribution in [0.5, 0.6) is 0 Å². The van der Waals surface area contributed by atoms with E-state index in [-0.39, 0.29) is 17.0 Å². The Morgan fingerprint density at radius 2 is 1.92 bits per heavy atom. The number of benzene rings is 2. The molecule has 5 nitrogen and oxygen atoms in total. The third kappa shape index (κ3) is 5.52. The zero-order chi connectivity index (χ0) is 19.2. The van der Waals surface area contributed by atoms with Crippen LogP contribution in [0.25, 0.3) is 0 Å². The van der Waals surface area contributed by atoms with E-state index in [1.807, 2.05) is 6.07 Å². The molecule has 26 heavy (non-hydrogen) atoms. The Morgan fingerprint density at radius 3 is 2.50 bits per heavy atom. The van der Waals surface area contributed by atoms with Gasteiger partial charge in [0.2, 0.25) is 10.0 Å². The number of ether oxygens (including phenoxy) is 1. The number of carbonyl (C=O) groups excluding carboxylic acids is 1. The van der Waals surface area contributed by atoms with Gasteiger partial charge in [0.25, 0.3) is 0 Å². The molecule has 140 valence electrons. The number of rotatable bonds is 8. The fraction of sp³-hybridized carbons (Fsp3) is 0.278. The van der Waals surface area contributed by atoms with Crippen molar-refractivity contribution in [1.29, 1.82) is 0 Å². The fourth-order valence-corrected chi connectivity index (χ4v) is 4.09. The van der Waals surface area contributed by atoms with Gasteiger partial charge in [0, 0.05) is 17.5 Å². The molecule has 0 aliphatic carbocycles. The first-order valence-corrected chi connectivity index (χ1v) is 10.0. The van der Waals surface area contributed by atoms with Crippen LogP contribution in [0, 0.1) is 5.82 Å². The molecular formula is C18H19ClFNO4S. The lowest BCUT2D eigenvalue weighted by Gasteiger charge is -2.18. The maximum Gasteiger partial charge on any atom is 0.337 e. The minimum Gasteiger partial charge on any atom is -0.465 e. The summed E-state index contributed by atoms with van der Waals surface area (Å²) in [4.78, 5) is 11.4. The lowest BCUT2D eigenvalue weighted by atomic mass is 10.1. The molecule has 2 aromatic carbocycles. The highest BCUT2D eigenvalue weighted by Gasteiger charge is 2.21. The van der Waals surface area contributed by atoms with Crippen LogP contribution in [0.3, 0.4) is 0 Å². The number of hydrogen-bond donors (Lipinski definition) is 1. The quantitative estimate of drug-likeness (QED) is 0.545. The largest absolute Gasteiger partial charge is 0.465 e. The lowest BCUT2D eigenvalue weighted by Crippen LogP contribution is -2.30. The van der Waals surface area contributed by atoms with E-state index in [2.05, 4.69) is 9.46 Å². The molecule has 2 aromatic rings. The Balaban J connectivity index is 2.18. The second-order valence-corrected chi connectivity index (χ2v) is 7.75. The van der Waals surface area contributed by atoms with E-state index >= 15 is 0 Å². The molecule has 1 N–H and O–H groups in total. The van der Waals surface area contributed by atoms with Gasteiger partial charge in [0.05, 0.1) is 18.4 Å². The number of halogens is 2. The molecule has 0 saturated heterocycles. The van der Waals surface area contributed by atoms with E-state index in [4.69, 9.17) is 11.6 Å². The maximum absolute atomic E-state index is 14.2. The normalized spacial score (nSPS) is 12.6. The summed E-state index contributed by atoms with van der Waals surface area (Å²) < 4.78 is 46.2. The maximum atomic E-state index is 14.2. The van der Waals surface area contributed by atoms with Crippen LogP contribution >= 0.6 is 11.6 Å². The standard InChI is InChI=1S/C18H19ClFNO4S/c1-25-18(22)14-7-8-15(16(20)11-14)12-26(23,24)21-17(9-10-19)13-5-3-2-4-6-13/h2-8,11,17,21H,9-10,12H2,1H3. The second-order valence-electron chi connectivity index (χ2n) is 5.62. The highest BCUT2D eigenvalue weighted by molar-refractivity contribution is 7.88. The third-order valence-electron chi connectivity index (χ3n) is 3.74. The van der Waals surface area contributed by atoms with Gasteiger partial charge in [-0.3, -0.25) is 0 Å². The van der Waals surface area contributed by atoms with E-state index in [0.29, 0.717) is 6.42 Å². The molecule has 8 heteroatoms. The van der Waals surface area contributed by atoms with Crippen LogP contribution < -0.4 is 4.72 Å². The van der Waals surface area contributed by atoms with Crippen LogP contribution in [0.4, 0.5) is 4.39 Å². The molecule has 0 bridgehead atoms. The minimum absolute atomic E-state index is 0.0170. The summed E-state index contributed by atoms with van der Waals surface area (Å²) >= 11 is 5.78. The van der Waals surface area contributed by atoms with Gasteiger partial charge < -0.3 is 4.74 Å². The zero-order valence-corrected chi connectivity index (χ0v) is 15.7. The minimum atomic E-state index is -3.83. The van der Waals surface area contributed by atoms with Crippen LogP contribution in [0.15, 0.2) is 48.5 Å². The predicted molar refractivity (Wildman–Crippen MR) is 98.0 cm³/mol. The summed E-state index contributed by atoms with van der Waals surface area (Å²) in [5, 5.41) is 0. The van der Waals surface area contributed by atoms with Crippen molar-refractivity contribution in [3.05, 3.63) is 71.0 Å². The van der Waals surface area contributed by atoms with Crippen molar-refractivity contribution in [2.24, 2.45) is 0 Å². The molecule has 0 aliphatic rings.